The second kappa shape index (κ2) is 6.87. The molecule has 0 aliphatic heterocycles. The molecule has 0 amide bonds. The Balaban J connectivity index is 1.84. The van der Waals surface area contributed by atoms with E-state index in [4.69, 9.17) is 0 Å². The number of halogens is 2. The summed E-state index contributed by atoms with van der Waals surface area (Å²) < 4.78 is 32.9. The minimum Gasteiger partial charge on any atom is -0.465 e. The molecule has 0 saturated carbocycles. The first-order chi connectivity index (χ1) is 12.4. The molecule has 3 rings (SSSR count). The van der Waals surface area contributed by atoms with E-state index < -0.39 is 17.6 Å². The molecule has 134 valence electrons. The van der Waals surface area contributed by atoms with Crippen LogP contribution in [0.1, 0.15) is 23.0 Å². The average molecular weight is 359 g/mol. The molecule has 0 bridgehead atoms. The second-order valence-electron chi connectivity index (χ2n) is 5.48. The van der Waals surface area contributed by atoms with Crippen LogP contribution in [0.4, 0.5) is 14.7 Å². The Morgan fingerprint density at radius 2 is 2.00 bits per heavy atom. The highest BCUT2D eigenvalue weighted by atomic mass is 19.2. The number of rotatable bonds is 4. The first kappa shape index (κ1) is 17.5. The summed E-state index contributed by atoms with van der Waals surface area (Å²) in [4.78, 5) is 19.7. The molecule has 0 unspecified atom stereocenters. The molecule has 1 N–H and O–H groups in total. The van der Waals surface area contributed by atoms with Crippen molar-refractivity contribution in [3.63, 3.8) is 0 Å². The fraction of sp³-hybridized carbons (Fsp3) is 0.176. The predicted octanol–water partition coefficient (Wildman–Crippen LogP) is 2.87. The van der Waals surface area contributed by atoms with Crippen LogP contribution in [0.25, 0.3) is 11.0 Å². The summed E-state index contributed by atoms with van der Waals surface area (Å²) in [5.74, 6) is -2.06. The second-order valence-corrected chi connectivity index (χ2v) is 5.48. The van der Waals surface area contributed by atoms with Gasteiger partial charge in [0.25, 0.3) is 0 Å². The van der Waals surface area contributed by atoms with Gasteiger partial charge in [0.05, 0.1) is 35.1 Å². The number of ether oxygens (including phenoxy) is 1. The maximum Gasteiger partial charge on any atom is 0.339 e. The Hall–Kier alpha value is -3.36. The molecule has 9 heteroatoms. The van der Waals surface area contributed by atoms with Gasteiger partial charge in [-0.2, -0.15) is 5.10 Å². The van der Waals surface area contributed by atoms with E-state index in [2.05, 4.69) is 25.2 Å². The predicted molar refractivity (Wildman–Crippen MR) is 92.0 cm³/mol. The fourth-order valence-electron chi connectivity index (χ4n) is 2.32. The van der Waals surface area contributed by atoms with Crippen molar-refractivity contribution in [3.8, 4) is 0 Å². The largest absolute Gasteiger partial charge is 0.465 e. The molecular formula is C17H15F2N5O2. The summed E-state index contributed by atoms with van der Waals surface area (Å²) in [6.07, 6.45) is 1.39. The molecular weight excluding hydrogens is 344 g/mol. The number of imidazole rings is 1. The van der Waals surface area contributed by atoms with Crippen LogP contribution in [0.2, 0.25) is 0 Å². The van der Waals surface area contributed by atoms with E-state index in [1.807, 2.05) is 0 Å². The summed E-state index contributed by atoms with van der Waals surface area (Å²) in [5, 5.41) is 4.18. The molecule has 0 spiro atoms. The van der Waals surface area contributed by atoms with E-state index in [0.717, 1.165) is 12.1 Å². The number of fused-ring (bicyclic) bond motifs is 1. The van der Waals surface area contributed by atoms with Gasteiger partial charge in [-0.1, -0.05) is 0 Å². The summed E-state index contributed by atoms with van der Waals surface area (Å²) in [5.41, 5.74) is 4.90. The van der Waals surface area contributed by atoms with Crippen LogP contribution in [-0.4, -0.2) is 33.3 Å². The number of methoxy groups -OCH3 is 1. The third-order valence-electron chi connectivity index (χ3n) is 3.80. The molecule has 0 aliphatic carbocycles. The van der Waals surface area contributed by atoms with Gasteiger partial charge in [0.2, 0.25) is 5.95 Å². The van der Waals surface area contributed by atoms with Gasteiger partial charge in [0.1, 0.15) is 0 Å². The monoisotopic (exact) mass is 359 g/mol. The zero-order valence-corrected chi connectivity index (χ0v) is 14.2. The van der Waals surface area contributed by atoms with E-state index >= 15 is 0 Å². The van der Waals surface area contributed by atoms with E-state index in [9.17, 15) is 13.6 Å². The Kier molecular flexibility index (Phi) is 4.61. The van der Waals surface area contributed by atoms with Crippen LogP contribution in [0.3, 0.4) is 0 Å². The van der Waals surface area contributed by atoms with Gasteiger partial charge in [0, 0.05) is 25.4 Å². The van der Waals surface area contributed by atoms with Gasteiger partial charge in [-0.3, -0.25) is 4.98 Å². The molecule has 3 aromatic rings. The lowest BCUT2D eigenvalue weighted by Gasteiger charge is -2.04. The molecule has 0 radical (unpaired) electrons. The van der Waals surface area contributed by atoms with Crippen molar-refractivity contribution in [2.75, 3.05) is 12.5 Å². The van der Waals surface area contributed by atoms with Gasteiger partial charge < -0.3 is 9.30 Å². The third kappa shape index (κ3) is 3.23. The first-order valence-corrected chi connectivity index (χ1v) is 7.57. The van der Waals surface area contributed by atoms with Crippen molar-refractivity contribution in [2.45, 2.75) is 6.92 Å². The number of nitrogens with zero attached hydrogens (tertiary/aromatic N) is 4. The topological polar surface area (TPSA) is 81.4 Å². The van der Waals surface area contributed by atoms with Crippen molar-refractivity contribution in [2.24, 2.45) is 12.1 Å². The van der Waals surface area contributed by atoms with Crippen LogP contribution in [0.5, 0.6) is 0 Å². The van der Waals surface area contributed by atoms with Gasteiger partial charge in [-0.15, -0.1) is 0 Å². The van der Waals surface area contributed by atoms with Crippen LogP contribution >= 0.6 is 0 Å². The summed E-state index contributed by atoms with van der Waals surface area (Å²) >= 11 is 0. The van der Waals surface area contributed by atoms with Crippen molar-refractivity contribution in [1.29, 1.82) is 0 Å². The summed E-state index contributed by atoms with van der Waals surface area (Å²) in [6.45, 7) is 1.72. The molecule has 0 aliphatic rings. The zero-order valence-electron chi connectivity index (χ0n) is 14.2. The van der Waals surface area contributed by atoms with E-state index in [1.165, 1.54) is 13.3 Å². The van der Waals surface area contributed by atoms with Crippen molar-refractivity contribution >= 4 is 28.7 Å². The van der Waals surface area contributed by atoms with Crippen LogP contribution in [0, 0.1) is 11.6 Å². The number of hydrazone groups is 1. The number of anilines is 1. The van der Waals surface area contributed by atoms with Crippen LogP contribution < -0.4 is 5.43 Å². The van der Waals surface area contributed by atoms with Crippen molar-refractivity contribution in [3.05, 3.63) is 53.4 Å². The SMILES string of the molecule is COC(=O)c1ccc(/C(C)=N/Nc2nc3cc(F)c(F)cc3n2C)nc1. The zero-order chi connectivity index (χ0) is 18.8. The molecule has 7 nitrogen and oxygen atoms in total. The van der Waals surface area contributed by atoms with Gasteiger partial charge in [-0.25, -0.2) is 24.0 Å². The quantitative estimate of drug-likeness (QED) is 0.440. The number of benzene rings is 1. The lowest BCUT2D eigenvalue weighted by atomic mass is 10.2. The molecule has 2 heterocycles. The van der Waals surface area contributed by atoms with E-state index in [-0.39, 0.29) is 0 Å². The van der Waals surface area contributed by atoms with Crippen LogP contribution in [-0.2, 0) is 11.8 Å². The number of esters is 1. The molecule has 2 aromatic heterocycles. The molecule has 0 fully saturated rings. The molecule has 0 atom stereocenters. The Labute approximate surface area is 147 Å². The smallest absolute Gasteiger partial charge is 0.339 e. The minimum atomic E-state index is -0.961. The number of hydrogen-bond donors (Lipinski definition) is 1. The maximum atomic E-state index is 13.4. The highest BCUT2D eigenvalue weighted by Gasteiger charge is 2.12. The number of hydrogen-bond acceptors (Lipinski definition) is 6. The Morgan fingerprint density at radius 1 is 1.27 bits per heavy atom. The first-order valence-electron chi connectivity index (χ1n) is 7.57. The third-order valence-corrected chi connectivity index (χ3v) is 3.80. The number of carbonyl (C=O) groups is 1. The standard InChI is InChI=1S/C17H15F2N5O2/c1-9(13-5-4-10(8-20-13)16(25)26-3)22-23-17-21-14-6-11(18)12(19)7-15(14)24(17)2/h4-8H,1-3H3,(H,21,23)/b22-9+. The summed E-state index contributed by atoms with van der Waals surface area (Å²) in [7, 11) is 2.95. The van der Waals surface area contributed by atoms with E-state index in [0.29, 0.717) is 34.0 Å². The van der Waals surface area contributed by atoms with Gasteiger partial charge >= 0.3 is 5.97 Å². The Bertz CT molecular complexity index is 1010. The van der Waals surface area contributed by atoms with Crippen molar-refractivity contribution in [1.82, 2.24) is 14.5 Å². The maximum absolute atomic E-state index is 13.4. The Morgan fingerprint density at radius 3 is 2.65 bits per heavy atom. The number of carbonyl (C=O) groups excluding carboxylic acids is 1. The number of aryl methyl sites for hydroxylation is 1. The minimum absolute atomic E-state index is 0.308. The number of aromatic nitrogens is 3. The summed E-state index contributed by atoms with van der Waals surface area (Å²) in [6, 6.07) is 5.31. The highest BCUT2D eigenvalue weighted by molar-refractivity contribution is 5.98. The highest BCUT2D eigenvalue weighted by Crippen LogP contribution is 2.21. The molecule has 0 saturated heterocycles. The molecule has 26 heavy (non-hydrogen) atoms. The van der Waals surface area contributed by atoms with Crippen molar-refractivity contribution < 1.29 is 18.3 Å². The average Bonchev–Trinajstić information content (AvgIpc) is 2.94. The number of pyridine rings is 1. The normalized spacial score (nSPS) is 11.7. The van der Waals surface area contributed by atoms with Gasteiger partial charge in [-0.05, 0) is 19.1 Å². The number of nitrogens with one attached hydrogen (secondary N) is 1. The van der Waals surface area contributed by atoms with E-state index in [1.54, 1.807) is 30.7 Å². The van der Waals surface area contributed by atoms with Gasteiger partial charge in [0.15, 0.2) is 11.6 Å². The molecule has 1 aromatic carbocycles. The van der Waals surface area contributed by atoms with Crippen LogP contribution in [0.15, 0.2) is 35.6 Å². The fourth-order valence-corrected chi connectivity index (χ4v) is 2.32. The lowest BCUT2D eigenvalue weighted by molar-refractivity contribution is 0.0600. The lowest BCUT2D eigenvalue weighted by Crippen LogP contribution is -2.07.